The molecule has 15 heavy (non-hydrogen) atoms. The van der Waals surface area contributed by atoms with Gasteiger partial charge >= 0.3 is 0 Å². The Hall–Kier alpha value is -2.10. The zero-order valence-electron chi connectivity index (χ0n) is 8.20. The number of rotatable bonds is 1. The molecule has 0 bridgehead atoms. The van der Waals surface area contributed by atoms with E-state index in [9.17, 15) is 9.59 Å². The molecule has 1 aromatic heterocycles. The summed E-state index contributed by atoms with van der Waals surface area (Å²) in [5, 5.41) is 0.483. The van der Waals surface area contributed by atoms with Crippen molar-refractivity contribution in [2.24, 2.45) is 0 Å². The number of para-hydroxylation sites is 1. The monoisotopic (exact) mass is 202 g/mol. The Kier molecular flexibility index (Phi) is 2.04. The van der Waals surface area contributed by atoms with Crippen LogP contribution in [0.2, 0.25) is 0 Å². The van der Waals surface area contributed by atoms with Crippen LogP contribution in [-0.2, 0) is 0 Å². The van der Waals surface area contributed by atoms with Crippen molar-refractivity contribution in [3.05, 3.63) is 40.1 Å². The van der Waals surface area contributed by atoms with E-state index in [-0.39, 0.29) is 22.6 Å². The van der Waals surface area contributed by atoms with Gasteiger partial charge in [-0.2, -0.15) is 0 Å². The zero-order chi connectivity index (χ0) is 11.0. The van der Waals surface area contributed by atoms with E-state index in [2.05, 4.69) is 4.98 Å². The van der Waals surface area contributed by atoms with Gasteiger partial charge in [-0.3, -0.25) is 9.59 Å². The minimum atomic E-state index is -0.320. The summed E-state index contributed by atoms with van der Waals surface area (Å²) < 4.78 is 0. The van der Waals surface area contributed by atoms with Gasteiger partial charge in [0.25, 0.3) is 0 Å². The molecule has 0 spiro atoms. The molecular formula is C11H10N2O2. The third kappa shape index (κ3) is 1.40. The quantitative estimate of drug-likeness (QED) is 0.684. The second-order valence-electron chi connectivity index (χ2n) is 3.34. The second kappa shape index (κ2) is 3.24. The lowest BCUT2D eigenvalue weighted by molar-refractivity contribution is 0.101. The van der Waals surface area contributed by atoms with Gasteiger partial charge in [0, 0.05) is 5.39 Å². The van der Waals surface area contributed by atoms with E-state index in [0.29, 0.717) is 10.9 Å². The fourth-order valence-corrected chi connectivity index (χ4v) is 1.60. The van der Waals surface area contributed by atoms with Gasteiger partial charge in [0.1, 0.15) is 11.4 Å². The number of carbonyl (C=O) groups is 1. The molecule has 1 heterocycles. The van der Waals surface area contributed by atoms with Crippen molar-refractivity contribution in [3.8, 4) is 0 Å². The number of hydrogen-bond acceptors (Lipinski definition) is 3. The van der Waals surface area contributed by atoms with Gasteiger partial charge in [-0.05, 0) is 19.1 Å². The van der Waals surface area contributed by atoms with E-state index in [1.807, 2.05) is 0 Å². The Morgan fingerprint density at radius 1 is 1.33 bits per heavy atom. The van der Waals surface area contributed by atoms with Crippen LogP contribution < -0.4 is 11.2 Å². The molecule has 0 aliphatic heterocycles. The van der Waals surface area contributed by atoms with Crippen LogP contribution in [0.15, 0.2) is 29.1 Å². The van der Waals surface area contributed by atoms with E-state index in [4.69, 9.17) is 5.73 Å². The average molecular weight is 202 g/mol. The lowest BCUT2D eigenvalue weighted by atomic mass is 10.1. The van der Waals surface area contributed by atoms with Crippen LogP contribution in [0.25, 0.3) is 10.9 Å². The van der Waals surface area contributed by atoms with Crippen LogP contribution in [0, 0.1) is 0 Å². The second-order valence-corrected chi connectivity index (χ2v) is 3.34. The minimum absolute atomic E-state index is 0.0358. The van der Waals surface area contributed by atoms with Gasteiger partial charge < -0.3 is 10.7 Å². The van der Waals surface area contributed by atoms with Crippen LogP contribution >= 0.6 is 0 Å². The van der Waals surface area contributed by atoms with Gasteiger partial charge in [-0.1, -0.05) is 12.1 Å². The highest BCUT2D eigenvalue weighted by molar-refractivity contribution is 6.01. The standard InChI is InChI=1S/C11H10N2O2/c1-6(14)9-10(15)7-4-2-3-5-8(7)13-11(9)12/h2-5H,1H3,(H3,12,13,15). The molecule has 0 atom stereocenters. The number of H-pyrrole nitrogens is 1. The smallest absolute Gasteiger partial charge is 0.202 e. The maximum Gasteiger partial charge on any atom is 0.202 e. The Balaban J connectivity index is 2.97. The third-order valence-corrected chi connectivity index (χ3v) is 2.29. The average Bonchev–Trinajstić information content (AvgIpc) is 2.17. The largest absolute Gasteiger partial charge is 0.385 e. The molecule has 0 aliphatic carbocycles. The lowest BCUT2D eigenvalue weighted by Crippen LogP contribution is -2.17. The number of carbonyl (C=O) groups excluding carboxylic acids is 1. The molecule has 0 radical (unpaired) electrons. The molecule has 1 aromatic carbocycles. The normalized spacial score (nSPS) is 10.5. The van der Waals surface area contributed by atoms with Crippen molar-refractivity contribution in [2.45, 2.75) is 6.92 Å². The van der Waals surface area contributed by atoms with Gasteiger partial charge in [-0.15, -0.1) is 0 Å². The topological polar surface area (TPSA) is 76.0 Å². The van der Waals surface area contributed by atoms with Crippen LogP contribution in [-0.4, -0.2) is 10.8 Å². The van der Waals surface area contributed by atoms with Crippen molar-refractivity contribution in [1.82, 2.24) is 4.98 Å². The summed E-state index contributed by atoms with van der Waals surface area (Å²) in [5.41, 5.74) is 5.98. The van der Waals surface area contributed by atoms with Crippen molar-refractivity contribution in [2.75, 3.05) is 5.73 Å². The predicted molar refractivity (Wildman–Crippen MR) is 59.0 cm³/mol. The summed E-state index contributed by atoms with van der Waals surface area (Å²) in [5.74, 6) is -0.189. The summed E-state index contributed by atoms with van der Waals surface area (Å²) >= 11 is 0. The van der Waals surface area contributed by atoms with Crippen LogP contribution in [0.5, 0.6) is 0 Å². The third-order valence-electron chi connectivity index (χ3n) is 2.29. The van der Waals surface area contributed by atoms with Gasteiger partial charge in [0.15, 0.2) is 5.78 Å². The maximum atomic E-state index is 11.9. The van der Waals surface area contributed by atoms with Crippen molar-refractivity contribution in [3.63, 3.8) is 0 Å². The fraction of sp³-hybridized carbons (Fsp3) is 0.0909. The van der Waals surface area contributed by atoms with Gasteiger partial charge in [0.2, 0.25) is 5.43 Å². The molecule has 76 valence electrons. The number of ketones is 1. The number of anilines is 1. The highest BCUT2D eigenvalue weighted by Crippen LogP contribution is 2.12. The molecule has 4 heteroatoms. The molecule has 0 saturated heterocycles. The molecule has 0 fully saturated rings. The highest BCUT2D eigenvalue weighted by atomic mass is 16.1. The number of Topliss-reactive ketones (excluding diaryl/α,β-unsaturated/α-hetero) is 1. The maximum absolute atomic E-state index is 11.9. The Labute approximate surface area is 85.7 Å². The van der Waals surface area contributed by atoms with E-state index in [1.54, 1.807) is 24.3 Å². The lowest BCUT2D eigenvalue weighted by Gasteiger charge is -2.04. The number of nitrogens with two attached hydrogens (primary N) is 1. The van der Waals surface area contributed by atoms with Crippen molar-refractivity contribution in [1.29, 1.82) is 0 Å². The summed E-state index contributed by atoms with van der Waals surface area (Å²) in [6.45, 7) is 1.33. The summed E-state index contributed by atoms with van der Waals surface area (Å²) in [7, 11) is 0. The first-order valence-corrected chi connectivity index (χ1v) is 4.52. The number of fused-ring (bicyclic) bond motifs is 1. The molecule has 3 N–H and O–H groups in total. The first-order valence-electron chi connectivity index (χ1n) is 4.52. The number of pyridine rings is 1. The number of nitrogens with one attached hydrogen (secondary N) is 1. The van der Waals surface area contributed by atoms with Crippen molar-refractivity contribution < 1.29 is 4.79 Å². The number of nitrogen functional groups attached to an aromatic ring is 1. The Bertz CT molecular complexity index is 599. The number of aromatic amines is 1. The van der Waals surface area contributed by atoms with Crippen molar-refractivity contribution >= 4 is 22.5 Å². The highest BCUT2D eigenvalue weighted by Gasteiger charge is 2.12. The Morgan fingerprint density at radius 3 is 2.67 bits per heavy atom. The summed E-state index contributed by atoms with van der Waals surface area (Å²) in [6, 6.07) is 6.96. The van der Waals surface area contributed by atoms with E-state index < -0.39 is 0 Å². The number of benzene rings is 1. The summed E-state index contributed by atoms with van der Waals surface area (Å²) in [4.78, 5) is 25.9. The van der Waals surface area contributed by atoms with Crippen LogP contribution in [0.3, 0.4) is 0 Å². The van der Waals surface area contributed by atoms with Gasteiger partial charge in [0.05, 0.1) is 5.52 Å². The van der Waals surface area contributed by atoms with E-state index in [0.717, 1.165) is 0 Å². The first kappa shape index (κ1) is 9.45. The molecule has 0 amide bonds. The first-order chi connectivity index (χ1) is 7.11. The molecule has 0 aliphatic rings. The predicted octanol–water partition coefficient (Wildman–Crippen LogP) is 1.31. The van der Waals surface area contributed by atoms with Crippen LogP contribution in [0.1, 0.15) is 17.3 Å². The Morgan fingerprint density at radius 2 is 2.00 bits per heavy atom. The van der Waals surface area contributed by atoms with Crippen LogP contribution in [0.4, 0.5) is 5.82 Å². The molecule has 0 saturated carbocycles. The minimum Gasteiger partial charge on any atom is -0.385 e. The molecule has 0 unspecified atom stereocenters. The van der Waals surface area contributed by atoms with E-state index >= 15 is 0 Å². The SMILES string of the molecule is CC(=O)c1c(N)[nH]c2ccccc2c1=O. The zero-order valence-corrected chi connectivity index (χ0v) is 8.20. The number of aromatic nitrogens is 1. The van der Waals surface area contributed by atoms with Gasteiger partial charge in [-0.25, -0.2) is 0 Å². The number of hydrogen-bond donors (Lipinski definition) is 2. The summed E-state index contributed by atoms with van der Waals surface area (Å²) in [6.07, 6.45) is 0. The molecule has 2 rings (SSSR count). The molecule has 2 aromatic rings. The molecular weight excluding hydrogens is 192 g/mol. The fourth-order valence-electron chi connectivity index (χ4n) is 1.60. The van der Waals surface area contributed by atoms with E-state index in [1.165, 1.54) is 6.92 Å². The molecule has 4 nitrogen and oxygen atoms in total.